The lowest BCUT2D eigenvalue weighted by Gasteiger charge is -2.24. The number of aliphatic hydroxyl groups excluding tert-OH is 1. The summed E-state index contributed by atoms with van der Waals surface area (Å²) in [6.07, 6.45) is -1.20. The molecule has 0 aliphatic carbocycles. The molecule has 3 rings (SSSR count). The van der Waals surface area contributed by atoms with Crippen LogP contribution in [0.25, 0.3) is 0 Å². The number of nitrogens with one attached hydrogen (secondary N) is 1. The molecule has 6 heteroatoms. The number of carbonyl (C=O) groups excluding carboxylic acids is 2. The van der Waals surface area contributed by atoms with Gasteiger partial charge in [0.2, 0.25) is 5.91 Å². The summed E-state index contributed by atoms with van der Waals surface area (Å²) in [4.78, 5) is 26.4. The van der Waals surface area contributed by atoms with Gasteiger partial charge in [-0.3, -0.25) is 9.69 Å². The van der Waals surface area contributed by atoms with Gasteiger partial charge < -0.3 is 15.2 Å². The van der Waals surface area contributed by atoms with E-state index in [1.165, 1.54) is 4.90 Å². The Bertz CT molecular complexity index is 751. The van der Waals surface area contributed by atoms with Crippen molar-refractivity contribution in [2.75, 3.05) is 6.54 Å². The minimum absolute atomic E-state index is 0.0729. The third kappa shape index (κ3) is 4.21. The van der Waals surface area contributed by atoms with Crippen LogP contribution in [0.5, 0.6) is 5.75 Å². The number of hydrogen-bond acceptors (Lipinski definition) is 4. The molecule has 2 aromatic carbocycles. The first-order valence-corrected chi connectivity index (χ1v) is 8.61. The van der Waals surface area contributed by atoms with Crippen molar-refractivity contribution in [3.05, 3.63) is 66.2 Å². The number of nitrogens with zero attached hydrogens (tertiary/aromatic N) is 1. The molecule has 1 aliphatic heterocycles. The maximum Gasteiger partial charge on any atom is 0.416 e. The lowest BCUT2D eigenvalue weighted by atomic mass is 10.1. The van der Waals surface area contributed by atoms with Gasteiger partial charge >= 0.3 is 6.09 Å². The standard InChI is InChI=1S/C20H22N2O4/c1-14(15-8-4-2-5-9-15)21-19(24)18-12-16(23)13-22(18)20(25)26-17-10-6-3-7-11-17/h2-11,14,16,18,23H,12-13H2,1H3,(H,21,24)/t14-,16+,18+/m1/s1. The molecule has 1 aliphatic rings. The number of likely N-dealkylation sites (tertiary alicyclic amines) is 1. The Kier molecular flexibility index (Phi) is 5.53. The van der Waals surface area contributed by atoms with E-state index in [2.05, 4.69) is 5.32 Å². The van der Waals surface area contributed by atoms with Gasteiger partial charge in [-0.05, 0) is 24.6 Å². The zero-order valence-corrected chi connectivity index (χ0v) is 14.5. The molecule has 0 bridgehead atoms. The zero-order valence-electron chi connectivity index (χ0n) is 14.5. The van der Waals surface area contributed by atoms with Crippen molar-refractivity contribution in [3.63, 3.8) is 0 Å². The first kappa shape index (κ1) is 17.9. The second kappa shape index (κ2) is 8.01. The Balaban J connectivity index is 1.66. The number of hydrogen-bond donors (Lipinski definition) is 2. The SMILES string of the molecule is C[C@@H](NC(=O)[C@@H]1C[C@H](O)CN1C(=O)Oc1ccccc1)c1ccccc1. The Morgan fingerprint density at radius 2 is 1.73 bits per heavy atom. The fraction of sp³-hybridized carbons (Fsp3) is 0.300. The molecule has 0 radical (unpaired) electrons. The fourth-order valence-electron chi connectivity index (χ4n) is 3.05. The molecular formula is C20H22N2O4. The number of para-hydroxylation sites is 1. The van der Waals surface area contributed by atoms with Crippen LogP contribution in [-0.4, -0.2) is 40.7 Å². The van der Waals surface area contributed by atoms with E-state index in [1.54, 1.807) is 24.3 Å². The van der Waals surface area contributed by atoms with Gasteiger partial charge in [0.25, 0.3) is 0 Å². The van der Waals surface area contributed by atoms with Crippen molar-refractivity contribution in [1.29, 1.82) is 0 Å². The third-order valence-corrected chi connectivity index (χ3v) is 4.42. The van der Waals surface area contributed by atoms with Crippen LogP contribution in [0, 0.1) is 0 Å². The van der Waals surface area contributed by atoms with Crippen LogP contribution in [0.1, 0.15) is 24.9 Å². The fourth-order valence-corrected chi connectivity index (χ4v) is 3.05. The van der Waals surface area contributed by atoms with E-state index in [9.17, 15) is 14.7 Å². The summed E-state index contributed by atoms with van der Waals surface area (Å²) >= 11 is 0. The molecule has 2 amide bonds. The maximum atomic E-state index is 12.7. The average molecular weight is 354 g/mol. The molecule has 6 nitrogen and oxygen atoms in total. The molecule has 0 unspecified atom stereocenters. The number of ether oxygens (including phenoxy) is 1. The van der Waals surface area contributed by atoms with Crippen LogP contribution in [0.4, 0.5) is 4.79 Å². The van der Waals surface area contributed by atoms with Crippen molar-refractivity contribution in [2.24, 2.45) is 0 Å². The van der Waals surface area contributed by atoms with Gasteiger partial charge in [0.1, 0.15) is 11.8 Å². The molecule has 1 fully saturated rings. The smallest absolute Gasteiger partial charge is 0.410 e. The minimum atomic E-state index is -0.757. The van der Waals surface area contributed by atoms with Crippen molar-refractivity contribution >= 4 is 12.0 Å². The highest BCUT2D eigenvalue weighted by atomic mass is 16.6. The predicted molar refractivity (Wildman–Crippen MR) is 96.6 cm³/mol. The van der Waals surface area contributed by atoms with E-state index in [4.69, 9.17) is 4.74 Å². The highest BCUT2D eigenvalue weighted by molar-refractivity contribution is 5.87. The topological polar surface area (TPSA) is 78.9 Å². The number of rotatable bonds is 4. The van der Waals surface area contributed by atoms with Crippen LogP contribution in [0.15, 0.2) is 60.7 Å². The largest absolute Gasteiger partial charge is 0.416 e. The van der Waals surface area contributed by atoms with E-state index >= 15 is 0 Å². The number of carbonyl (C=O) groups is 2. The zero-order chi connectivity index (χ0) is 18.5. The van der Waals surface area contributed by atoms with Gasteiger partial charge in [0.15, 0.2) is 0 Å². The number of amides is 2. The quantitative estimate of drug-likeness (QED) is 0.884. The van der Waals surface area contributed by atoms with Gasteiger partial charge in [-0.25, -0.2) is 4.79 Å². The Morgan fingerprint density at radius 3 is 2.38 bits per heavy atom. The average Bonchev–Trinajstić information content (AvgIpc) is 3.05. The van der Waals surface area contributed by atoms with E-state index in [0.29, 0.717) is 5.75 Å². The highest BCUT2D eigenvalue weighted by Crippen LogP contribution is 2.22. The van der Waals surface area contributed by atoms with Crippen molar-refractivity contribution < 1.29 is 19.4 Å². The summed E-state index contributed by atoms with van der Waals surface area (Å²) in [5.41, 5.74) is 0.970. The van der Waals surface area contributed by atoms with Crippen molar-refractivity contribution in [2.45, 2.75) is 31.5 Å². The summed E-state index contributed by atoms with van der Waals surface area (Å²) in [5, 5.41) is 12.9. The van der Waals surface area contributed by atoms with Gasteiger partial charge in [0, 0.05) is 6.42 Å². The predicted octanol–water partition coefficient (Wildman–Crippen LogP) is 2.50. The molecule has 3 atom stereocenters. The van der Waals surface area contributed by atoms with Crippen LogP contribution < -0.4 is 10.1 Å². The second-order valence-corrected chi connectivity index (χ2v) is 6.38. The van der Waals surface area contributed by atoms with Crippen LogP contribution in [0.2, 0.25) is 0 Å². The summed E-state index contributed by atoms with van der Waals surface area (Å²) in [6.45, 7) is 1.95. The maximum absolute atomic E-state index is 12.7. The molecule has 0 spiro atoms. The van der Waals surface area contributed by atoms with Gasteiger partial charge in [-0.15, -0.1) is 0 Å². The third-order valence-electron chi connectivity index (χ3n) is 4.42. The first-order valence-electron chi connectivity index (χ1n) is 8.61. The van der Waals surface area contributed by atoms with Crippen LogP contribution in [0.3, 0.4) is 0 Å². The number of aliphatic hydroxyl groups is 1. The highest BCUT2D eigenvalue weighted by Gasteiger charge is 2.40. The van der Waals surface area contributed by atoms with Gasteiger partial charge in [-0.1, -0.05) is 48.5 Å². The summed E-state index contributed by atoms with van der Waals surface area (Å²) in [7, 11) is 0. The van der Waals surface area contributed by atoms with Crippen LogP contribution >= 0.6 is 0 Å². The molecule has 0 aromatic heterocycles. The molecule has 26 heavy (non-hydrogen) atoms. The molecular weight excluding hydrogens is 332 g/mol. The van der Waals surface area contributed by atoms with E-state index < -0.39 is 18.2 Å². The van der Waals surface area contributed by atoms with Crippen LogP contribution in [-0.2, 0) is 4.79 Å². The number of benzene rings is 2. The molecule has 136 valence electrons. The van der Waals surface area contributed by atoms with E-state index in [0.717, 1.165) is 5.56 Å². The lowest BCUT2D eigenvalue weighted by molar-refractivity contribution is -0.125. The second-order valence-electron chi connectivity index (χ2n) is 6.38. The molecule has 1 saturated heterocycles. The Hall–Kier alpha value is -2.86. The summed E-state index contributed by atoms with van der Waals surface area (Å²) in [5.74, 6) is 0.0959. The molecule has 2 N–H and O–H groups in total. The van der Waals surface area contributed by atoms with Crippen molar-refractivity contribution in [3.8, 4) is 5.75 Å². The van der Waals surface area contributed by atoms with Gasteiger partial charge in [0.05, 0.1) is 18.7 Å². The van der Waals surface area contributed by atoms with E-state index in [1.807, 2.05) is 43.3 Å². The Morgan fingerprint density at radius 1 is 1.12 bits per heavy atom. The number of β-amino-alcohol motifs (C(OH)–C–C–N with tert-alkyl or cyclic N) is 1. The van der Waals surface area contributed by atoms with Gasteiger partial charge in [-0.2, -0.15) is 0 Å². The summed E-state index contributed by atoms with van der Waals surface area (Å²) < 4.78 is 5.31. The van der Waals surface area contributed by atoms with E-state index in [-0.39, 0.29) is 24.9 Å². The lowest BCUT2D eigenvalue weighted by Crippen LogP contribution is -2.47. The summed E-state index contributed by atoms with van der Waals surface area (Å²) in [6, 6.07) is 17.3. The monoisotopic (exact) mass is 354 g/mol. The molecule has 0 saturated carbocycles. The first-order chi connectivity index (χ1) is 12.5. The van der Waals surface area contributed by atoms with Crippen molar-refractivity contribution in [1.82, 2.24) is 10.2 Å². The molecule has 1 heterocycles. The molecule has 2 aromatic rings. The Labute approximate surface area is 152 Å². The minimum Gasteiger partial charge on any atom is -0.410 e. The normalized spacial score (nSPS) is 20.5.